The van der Waals surface area contributed by atoms with E-state index in [4.69, 9.17) is 4.74 Å². The van der Waals surface area contributed by atoms with Gasteiger partial charge in [0.2, 0.25) is 0 Å². The Bertz CT molecular complexity index is 566. The number of Topliss-reactive ketones (excluding diaryl/α,β-unsaturated/α-hetero) is 1. The molecule has 0 saturated carbocycles. The first kappa shape index (κ1) is 14.8. The highest BCUT2D eigenvalue weighted by atomic mass is 16.5. The highest BCUT2D eigenvalue weighted by molar-refractivity contribution is 6.05. The summed E-state index contributed by atoms with van der Waals surface area (Å²) >= 11 is 0. The van der Waals surface area contributed by atoms with Crippen LogP contribution in [0.5, 0.6) is 0 Å². The maximum Gasteiger partial charge on any atom is 0.311 e. The average Bonchev–Trinajstić information content (AvgIpc) is 2.57. The first-order valence-electron chi connectivity index (χ1n) is 6.95. The topological polar surface area (TPSA) is 43.4 Å². The number of rotatable bonds is 2. The molecule has 1 aromatic carbocycles. The minimum atomic E-state index is -0.628. The molecule has 0 amide bonds. The van der Waals surface area contributed by atoms with Gasteiger partial charge in [0.15, 0.2) is 5.78 Å². The van der Waals surface area contributed by atoms with Crippen molar-refractivity contribution in [2.45, 2.75) is 41.0 Å². The third kappa shape index (κ3) is 2.62. The van der Waals surface area contributed by atoms with Crippen molar-refractivity contribution in [3.63, 3.8) is 0 Å². The van der Waals surface area contributed by atoms with Crippen molar-refractivity contribution in [2.75, 3.05) is 6.61 Å². The van der Waals surface area contributed by atoms with Crippen molar-refractivity contribution < 1.29 is 14.3 Å². The molecule has 0 saturated heterocycles. The molecule has 0 N–H and O–H groups in total. The summed E-state index contributed by atoms with van der Waals surface area (Å²) in [6, 6.07) is 5.87. The second kappa shape index (κ2) is 4.72. The van der Waals surface area contributed by atoms with Crippen LogP contribution in [0.1, 0.15) is 49.2 Å². The van der Waals surface area contributed by atoms with Crippen LogP contribution in [0.2, 0.25) is 0 Å². The standard InChI is InChI=1S/C17H22O3/c1-11-6-7-13-12(8-11)9-17(5,14(13)18)10-20-15(19)16(2,3)4/h6-8H,9-10H2,1-5H3. The smallest absolute Gasteiger partial charge is 0.311 e. The number of hydrogen-bond donors (Lipinski definition) is 0. The van der Waals surface area contributed by atoms with E-state index >= 15 is 0 Å². The predicted octanol–water partition coefficient (Wildman–Crippen LogP) is 3.33. The number of esters is 1. The third-order valence-corrected chi connectivity index (χ3v) is 3.77. The average molecular weight is 274 g/mol. The lowest BCUT2D eigenvalue weighted by atomic mass is 9.87. The third-order valence-electron chi connectivity index (χ3n) is 3.77. The van der Waals surface area contributed by atoms with Gasteiger partial charge in [0.05, 0.1) is 10.8 Å². The van der Waals surface area contributed by atoms with E-state index in [0.29, 0.717) is 6.42 Å². The van der Waals surface area contributed by atoms with E-state index < -0.39 is 10.8 Å². The summed E-state index contributed by atoms with van der Waals surface area (Å²) in [7, 11) is 0. The summed E-state index contributed by atoms with van der Waals surface area (Å²) in [6.07, 6.45) is 0.639. The SMILES string of the molecule is Cc1ccc2c(c1)CC(C)(COC(=O)C(C)(C)C)C2=O. The first-order valence-corrected chi connectivity index (χ1v) is 6.95. The largest absolute Gasteiger partial charge is 0.464 e. The van der Waals surface area contributed by atoms with Crippen LogP contribution in [-0.4, -0.2) is 18.4 Å². The zero-order valence-electron chi connectivity index (χ0n) is 12.9. The molecular weight excluding hydrogens is 252 g/mol. The second-order valence-corrected chi connectivity index (χ2v) is 7.05. The summed E-state index contributed by atoms with van der Waals surface area (Å²) in [5.41, 5.74) is 1.81. The highest BCUT2D eigenvalue weighted by Gasteiger charge is 2.43. The molecule has 0 radical (unpaired) electrons. The van der Waals surface area contributed by atoms with E-state index in [2.05, 4.69) is 0 Å². The molecule has 1 aliphatic rings. The van der Waals surface area contributed by atoms with Gasteiger partial charge in [-0.1, -0.05) is 23.8 Å². The van der Waals surface area contributed by atoms with Crippen molar-refractivity contribution in [1.82, 2.24) is 0 Å². The van der Waals surface area contributed by atoms with Crippen LogP contribution in [0, 0.1) is 17.8 Å². The number of carbonyl (C=O) groups is 2. The van der Waals surface area contributed by atoms with E-state index in [-0.39, 0.29) is 18.4 Å². The number of fused-ring (bicyclic) bond motifs is 1. The number of ether oxygens (including phenoxy) is 1. The van der Waals surface area contributed by atoms with Gasteiger partial charge < -0.3 is 4.74 Å². The normalized spacial score (nSPS) is 21.8. The van der Waals surface area contributed by atoms with Gasteiger partial charge in [-0.25, -0.2) is 0 Å². The molecule has 0 heterocycles. The zero-order valence-corrected chi connectivity index (χ0v) is 12.9. The molecule has 0 aromatic heterocycles. The fraction of sp³-hybridized carbons (Fsp3) is 0.529. The fourth-order valence-corrected chi connectivity index (χ4v) is 2.47. The molecule has 3 heteroatoms. The Labute approximate surface area is 120 Å². The Morgan fingerprint density at radius 1 is 1.35 bits per heavy atom. The molecule has 1 aliphatic carbocycles. The summed E-state index contributed by atoms with van der Waals surface area (Å²) in [4.78, 5) is 24.4. The number of carbonyl (C=O) groups excluding carboxylic acids is 2. The number of hydrogen-bond acceptors (Lipinski definition) is 3. The summed E-state index contributed by atoms with van der Waals surface area (Å²) in [6.45, 7) is 9.47. The molecule has 0 fully saturated rings. The van der Waals surface area contributed by atoms with Crippen molar-refractivity contribution in [1.29, 1.82) is 0 Å². The molecule has 1 atom stereocenters. The van der Waals surface area contributed by atoms with E-state index in [1.54, 1.807) is 0 Å². The van der Waals surface area contributed by atoms with E-state index in [1.165, 1.54) is 0 Å². The minimum Gasteiger partial charge on any atom is -0.464 e. The Kier molecular flexibility index (Phi) is 3.49. The van der Waals surface area contributed by atoms with Crippen LogP contribution < -0.4 is 0 Å². The summed E-state index contributed by atoms with van der Waals surface area (Å²) < 4.78 is 5.37. The van der Waals surface area contributed by atoms with Gasteiger partial charge in [0.1, 0.15) is 6.61 Å². The van der Waals surface area contributed by atoms with Gasteiger partial charge in [-0.05, 0) is 46.6 Å². The monoisotopic (exact) mass is 274 g/mol. The van der Waals surface area contributed by atoms with Gasteiger partial charge in [-0.15, -0.1) is 0 Å². The van der Waals surface area contributed by atoms with Crippen molar-refractivity contribution in [2.24, 2.45) is 10.8 Å². The Balaban J connectivity index is 2.14. The molecule has 20 heavy (non-hydrogen) atoms. The maximum atomic E-state index is 12.5. The molecule has 0 bridgehead atoms. The number of benzene rings is 1. The Morgan fingerprint density at radius 3 is 2.60 bits per heavy atom. The second-order valence-electron chi connectivity index (χ2n) is 7.05. The quantitative estimate of drug-likeness (QED) is 0.777. The molecule has 0 aliphatic heterocycles. The van der Waals surface area contributed by atoms with Crippen LogP contribution >= 0.6 is 0 Å². The van der Waals surface area contributed by atoms with Crippen LogP contribution in [-0.2, 0) is 16.0 Å². The number of ketones is 1. The van der Waals surface area contributed by atoms with E-state index in [0.717, 1.165) is 16.7 Å². The van der Waals surface area contributed by atoms with Gasteiger partial charge >= 0.3 is 5.97 Å². The molecule has 108 valence electrons. The fourth-order valence-electron chi connectivity index (χ4n) is 2.47. The molecular formula is C17H22O3. The molecule has 2 rings (SSSR count). The molecule has 3 nitrogen and oxygen atoms in total. The van der Waals surface area contributed by atoms with Gasteiger partial charge in [0.25, 0.3) is 0 Å². The molecule has 1 unspecified atom stereocenters. The zero-order chi connectivity index (χ0) is 15.1. The van der Waals surface area contributed by atoms with Crippen molar-refractivity contribution in [3.8, 4) is 0 Å². The Hall–Kier alpha value is -1.64. The van der Waals surface area contributed by atoms with Crippen molar-refractivity contribution in [3.05, 3.63) is 34.9 Å². The van der Waals surface area contributed by atoms with E-state index in [9.17, 15) is 9.59 Å². The van der Waals surface area contributed by atoms with Gasteiger partial charge in [-0.3, -0.25) is 9.59 Å². The van der Waals surface area contributed by atoms with Crippen LogP contribution in [0.15, 0.2) is 18.2 Å². The van der Waals surface area contributed by atoms with E-state index in [1.807, 2.05) is 52.8 Å². The molecule has 1 aromatic rings. The van der Waals surface area contributed by atoms with Crippen LogP contribution in [0.25, 0.3) is 0 Å². The Morgan fingerprint density at radius 2 is 2.00 bits per heavy atom. The lowest BCUT2D eigenvalue weighted by Gasteiger charge is -2.24. The highest BCUT2D eigenvalue weighted by Crippen LogP contribution is 2.37. The molecule has 0 spiro atoms. The van der Waals surface area contributed by atoms with Gasteiger partial charge in [0, 0.05) is 5.56 Å². The van der Waals surface area contributed by atoms with Crippen molar-refractivity contribution >= 4 is 11.8 Å². The maximum absolute atomic E-state index is 12.5. The first-order chi connectivity index (χ1) is 9.13. The summed E-state index contributed by atoms with van der Waals surface area (Å²) in [5, 5.41) is 0. The van der Waals surface area contributed by atoms with Gasteiger partial charge in [-0.2, -0.15) is 0 Å². The lowest BCUT2D eigenvalue weighted by molar-refractivity contribution is -0.155. The summed E-state index contributed by atoms with van der Waals surface area (Å²) in [5.74, 6) is -0.187. The van der Waals surface area contributed by atoms with Crippen LogP contribution in [0.4, 0.5) is 0 Å². The van der Waals surface area contributed by atoms with Crippen LogP contribution in [0.3, 0.4) is 0 Å². The number of aryl methyl sites for hydroxylation is 1. The minimum absolute atomic E-state index is 0.0780. The predicted molar refractivity (Wildman–Crippen MR) is 77.7 cm³/mol. The lowest BCUT2D eigenvalue weighted by Crippen LogP contribution is -2.34.